The highest BCUT2D eigenvalue weighted by atomic mass is 35.5. The van der Waals surface area contributed by atoms with Gasteiger partial charge in [-0.1, -0.05) is 47.5 Å². The fourth-order valence-corrected chi connectivity index (χ4v) is 4.88. The van der Waals surface area contributed by atoms with Crippen LogP contribution in [0.5, 0.6) is 5.75 Å². The molecule has 0 fully saturated rings. The average Bonchev–Trinajstić information content (AvgIpc) is 2.81. The fraction of sp³-hybridized carbons (Fsp3) is 0.240. The number of aryl methyl sites for hydroxylation is 2. The molecule has 0 aliphatic rings. The molecular weight excluding hydrogens is 460 g/mol. The molecule has 174 valence electrons. The van der Waals surface area contributed by atoms with Crippen molar-refractivity contribution in [2.45, 2.75) is 24.7 Å². The molecule has 3 aromatic rings. The van der Waals surface area contributed by atoms with Crippen molar-refractivity contribution >= 4 is 33.2 Å². The third-order valence-corrected chi connectivity index (χ3v) is 7.14. The summed E-state index contributed by atoms with van der Waals surface area (Å²) in [6, 6.07) is 20.7. The lowest BCUT2D eigenvalue weighted by Crippen LogP contribution is -2.41. The van der Waals surface area contributed by atoms with Crippen molar-refractivity contribution in [2.75, 3.05) is 24.5 Å². The summed E-state index contributed by atoms with van der Waals surface area (Å²) in [5, 5.41) is 3.20. The van der Waals surface area contributed by atoms with Gasteiger partial charge >= 0.3 is 0 Å². The van der Waals surface area contributed by atoms with Gasteiger partial charge in [0.15, 0.2) is 0 Å². The van der Waals surface area contributed by atoms with Crippen molar-refractivity contribution in [1.82, 2.24) is 5.32 Å². The van der Waals surface area contributed by atoms with E-state index in [1.807, 2.05) is 6.92 Å². The Kier molecular flexibility index (Phi) is 8.36. The molecule has 1 N–H and O–H groups in total. The summed E-state index contributed by atoms with van der Waals surface area (Å²) in [4.78, 5) is 12.7. The molecule has 0 heterocycles. The third-order valence-electron chi connectivity index (χ3n) is 5.12. The second kappa shape index (κ2) is 11.2. The minimum atomic E-state index is -4.01. The highest BCUT2D eigenvalue weighted by Gasteiger charge is 2.27. The van der Waals surface area contributed by atoms with Crippen LogP contribution >= 0.6 is 11.6 Å². The van der Waals surface area contributed by atoms with Gasteiger partial charge in [-0.25, -0.2) is 8.42 Å². The Morgan fingerprint density at radius 2 is 1.73 bits per heavy atom. The summed E-state index contributed by atoms with van der Waals surface area (Å²) in [5.41, 5.74) is 2.71. The Bertz CT molecular complexity index is 1180. The van der Waals surface area contributed by atoms with Crippen LogP contribution in [0.3, 0.4) is 0 Å². The lowest BCUT2D eigenvalue weighted by atomic mass is 10.1. The highest BCUT2D eigenvalue weighted by molar-refractivity contribution is 7.92. The predicted octanol–water partition coefficient (Wildman–Crippen LogP) is 4.60. The Hall–Kier alpha value is -3.03. The van der Waals surface area contributed by atoms with E-state index in [9.17, 15) is 13.2 Å². The summed E-state index contributed by atoms with van der Waals surface area (Å²) in [7, 11) is -2.51. The summed E-state index contributed by atoms with van der Waals surface area (Å²) in [6.07, 6.45) is 1.57. The molecule has 6 nitrogen and oxygen atoms in total. The largest absolute Gasteiger partial charge is 0.497 e. The van der Waals surface area contributed by atoms with Crippen molar-refractivity contribution in [3.8, 4) is 5.75 Å². The Morgan fingerprint density at radius 3 is 2.36 bits per heavy atom. The molecule has 0 bridgehead atoms. The number of carbonyl (C=O) groups is 1. The van der Waals surface area contributed by atoms with Crippen LogP contribution in [0.15, 0.2) is 77.7 Å². The van der Waals surface area contributed by atoms with Crippen molar-refractivity contribution in [3.05, 3.63) is 88.9 Å². The minimum Gasteiger partial charge on any atom is -0.497 e. The molecule has 33 heavy (non-hydrogen) atoms. The number of anilines is 1. The molecule has 3 rings (SSSR count). The monoisotopic (exact) mass is 486 g/mol. The maximum Gasteiger partial charge on any atom is 0.264 e. The third kappa shape index (κ3) is 6.73. The van der Waals surface area contributed by atoms with Gasteiger partial charge in [-0.15, -0.1) is 0 Å². The van der Waals surface area contributed by atoms with Gasteiger partial charge in [0.25, 0.3) is 10.0 Å². The number of methoxy groups -OCH3 is 1. The van der Waals surface area contributed by atoms with E-state index < -0.39 is 15.9 Å². The zero-order chi connectivity index (χ0) is 23.8. The number of rotatable bonds is 10. The maximum absolute atomic E-state index is 13.4. The second-order valence-electron chi connectivity index (χ2n) is 7.61. The lowest BCUT2D eigenvalue weighted by Gasteiger charge is -2.24. The van der Waals surface area contributed by atoms with Crippen LogP contribution in [-0.4, -0.2) is 34.5 Å². The van der Waals surface area contributed by atoms with Crippen molar-refractivity contribution in [2.24, 2.45) is 0 Å². The SMILES string of the molecule is COc1ccc(S(=O)(=O)N(CC(=O)NCCCc2ccc(C)cc2)c2cccc(Cl)c2)cc1. The van der Waals surface area contributed by atoms with Gasteiger partial charge in [-0.05, 0) is 67.8 Å². The van der Waals surface area contributed by atoms with Gasteiger partial charge in [-0.2, -0.15) is 0 Å². The number of nitrogens with zero attached hydrogens (tertiary/aromatic N) is 1. The van der Waals surface area contributed by atoms with E-state index in [-0.39, 0.29) is 11.4 Å². The van der Waals surface area contributed by atoms with Crippen LogP contribution in [-0.2, 0) is 21.2 Å². The van der Waals surface area contributed by atoms with Crippen molar-refractivity contribution in [3.63, 3.8) is 0 Å². The number of benzene rings is 3. The Morgan fingerprint density at radius 1 is 1.03 bits per heavy atom. The van der Waals surface area contributed by atoms with E-state index in [2.05, 4.69) is 29.6 Å². The number of hydrogen-bond acceptors (Lipinski definition) is 4. The number of nitrogens with one attached hydrogen (secondary N) is 1. The molecule has 3 aromatic carbocycles. The van der Waals surface area contributed by atoms with Gasteiger partial charge in [0.2, 0.25) is 5.91 Å². The fourth-order valence-electron chi connectivity index (χ4n) is 3.28. The van der Waals surface area contributed by atoms with E-state index in [0.717, 1.165) is 17.1 Å². The molecule has 0 saturated heterocycles. The first-order valence-electron chi connectivity index (χ1n) is 10.5. The van der Waals surface area contributed by atoms with Crippen LogP contribution in [0.2, 0.25) is 5.02 Å². The van der Waals surface area contributed by atoms with Crippen LogP contribution in [0.1, 0.15) is 17.5 Å². The van der Waals surface area contributed by atoms with Crippen LogP contribution in [0.4, 0.5) is 5.69 Å². The molecule has 0 radical (unpaired) electrons. The predicted molar refractivity (Wildman–Crippen MR) is 131 cm³/mol. The molecule has 0 aliphatic heterocycles. The molecule has 0 spiro atoms. The molecular formula is C25H27ClN2O4S. The number of carbonyl (C=O) groups excluding carboxylic acids is 1. The van der Waals surface area contributed by atoms with Gasteiger partial charge in [0, 0.05) is 11.6 Å². The Balaban J connectivity index is 1.71. The lowest BCUT2D eigenvalue weighted by molar-refractivity contribution is -0.119. The van der Waals surface area contributed by atoms with Crippen molar-refractivity contribution < 1.29 is 17.9 Å². The Labute approximate surface area is 200 Å². The summed E-state index contributed by atoms with van der Waals surface area (Å²) in [5.74, 6) is 0.144. The molecule has 0 saturated carbocycles. The van der Waals surface area contributed by atoms with Gasteiger partial charge < -0.3 is 10.1 Å². The number of ether oxygens (including phenoxy) is 1. The van der Waals surface area contributed by atoms with E-state index in [1.54, 1.807) is 30.3 Å². The number of hydrogen-bond donors (Lipinski definition) is 1. The maximum atomic E-state index is 13.4. The average molecular weight is 487 g/mol. The summed E-state index contributed by atoms with van der Waals surface area (Å²) in [6.45, 7) is 2.12. The molecule has 8 heteroatoms. The zero-order valence-corrected chi connectivity index (χ0v) is 20.2. The second-order valence-corrected chi connectivity index (χ2v) is 9.90. The number of sulfonamides is 1. The molecule has 0 atom stereocenters. The van der Waals surface area contributed by atoms with Crippen LogP contribution < -0.4 is 14.4 Å². The van der Waals surface area contributed by atoms with E-state index in [4.69, 9.17) is 16.3 Å². The molecule has 0 aliphatic carbocycles. The topological polar surface area (TPSA) is 75.7 Å². The molecule has 0 unspecified atom stereocenters. The standard InChI is InChI=1S/C25H27ClN2O4S/c1-19-8-10-20(11-9-19)5-4-16-27-25(29)18-28(22-7-3-6-21(26)17-22)33(30,31)24-14-12-23(32-2)13-15-24/h3,6-15,17H,4-5,16,18H2,1-2H3,(H,27,29). The van der Waals surface area contributed by atoms with Crippen molar-refractivity contribution in [1.29, 1.82) is 0 Å². The van der Waals surface area contributed by atoms with Crippen LogP contribution in [0, 0.1) is 6.92 Å². The smallest absolute Gasteiger partial charge is 0.264 e. The normalized spacial score (nSPS) is 11.1. The summed E-state index contributed by atoms with van der Waals surface area (Å²) < 4.78 is 32.9. The van der Waals surface area contributed by atoms with E-state index in [1.165, 1.54) is 36.4 Å². The molecule has 0 aromatic heterocycles. The van der Waals surface area contributed by atoms with Gasteiger partial charge in [-0.3, -0.25) is 9.10 Å². The summed E-state index contributed by atoms with van der Waals surface area (Å²) >= 11 is 6.09. The molecule has 1 amide bonds. The first-order chi connectivity index (χ1) is 15.8. The first-order valence-corrected chi connectivity index (χ1v) is 12.4. The van der Waals surface area contributed by atoms with Gasteiger partial charge in [0.1, 0.15) is 12.3 Å². The number of amides is 1. The number of halogens is 1. The van der Waals surface area contributed by atoms with E-state index >= 15 is 0 Å². The van der Waals surface area contributed by atoms with E-state index in [0.29, 0.717) is 23.0 Å². The quantitative estimate of drug-likeness (QED) is 0.425. The minimum absolute atomic E-state index is 0.0513. The van der Waals surface area contributed by atoms with Gasteiger partial charge in [0.05, 0.1) is 17.7 Å². The van der Waals surface area contributed by atoms with Crippen LogP contribution in [0.25, 0.3) is 0 Å². The zero-order valence-electron chi connectivity index (χ0n) is 18.6. The first kappa shape index (κ1) is 24.6. The highest BCUT2D eigenvalue weighted by Crippen LogP contribution is 2.27.